The van der Waals surface area contributed by atoms with Gasteiger partial charge in [0.1, 0.15) is 0 Å². The lowest BCUT2D eigenvalue weighted by atomic mass is 9.98. The van der Waals surface area contributed by atoms with Crippen LogP contribution in [0.25, 0.3) is 21.6 Å². The second-order valence-electron chi connectivity index (χ2n) is 4.18. The van der Waals surface area contributed by atoms with Crippen molar-refractivity contribution in [1.29, 1.82) is 0 Å². The fourth-order valence-corrected chi connectivity index (χ4v) is 2.96. The summed E-state index contributed by atoms with van der Waals surface area (Å²) in [4.78, 5) is 5.61. The first kappa shape index (κ1) is 11.2. The zero-order valence-electron chi connectivity index (χ0n) is 10.1. The molecule has 0 amide bonds. The smallest absolute Gasteiger partial charge is 0.0801 e. The Morgan fingerprint density at radius 3 is 2.17 bits per heavy atom. The third-order valence-electron chi connectivity index (χ3n) is 3.00. The van der Waals surface area contributed by atoms with Crippen LogP contribution in [0.3, 0.4) is 0 Å². The van der Waals surface area contributed by atoms with Crippen molar-refractivity contribution in [2.75, 3.05) is 0 Å². The second-order valence-corrected chi connectivity index (χ2v) is 5.03. The van der Waals surface area contributed by atoms with Gasteiger partial charge < -0.3 is 0 Å². The van der Waals surface area contributed by atoms with Crippen molar-refractivity contribution >= 4 is 11.3 Å². The lowest BCUT2D eigenvalue weighted by Crippen LogP contribution is -1.84. The number of rotatable bonds is 2. The molecule has 1 aromatic heterocycles. The molecule has 0 bridgehead atoms. The van der Waals surface area contributed by atoms with Gasteiger partial charge in [0, 0.05) is 5.56 Å². The normalized spacial score (nSPS) is 10.5. The molecule has 0 saturated carbocycles. The fraction of sp³-hybridized carbons (Fsp3) is 0.0625. The lowest BCUT2D eigenvalue weighted by Gasteiger charge is -2.08. The van der Waals surface area contributed by atoms with E-state index in [1.807, 2.05) is 11.6 Å². The van der Waals surface area contributed by atoms with E-state index in [1.54, 1.807) is 11.3 Å². The minimum Gasteiger partial charge on any atom is -0.249 e. The molecule has 2 heteroatoms. The molecule has 1 heterocycles. The molecule has 0 radical (unpaired) electrons. The first-order valence-corrected chi connectivity index (χ1v) is 6.79. The van der Waals surface area contributed by atoms with Crippen LogP contribution in [-0.4, -0.2) is 4.98 Å². The Balaban J connectivity index is 2.21. The van der Waals surface area contributed by atoms with E-state index < -0.39 is 0 Å². The molecule has 3 rings (SSSR count). The van der Waals surface area contributed by atoms with Crippen LogP contribution in [0.2, 0.25) is 0 Å². The molecule has 0 fully saturated rings. The molecule has 0 aliphatic rings. The van der Waals surface area contributed by atoms with Gasteiger partial charge in [-0.05, 0) is 18.1 Å². The van der Waals surface area contributed by atoms with Gasteiger partial charge >= 0.3 is 0 Å². The molecular formula is C16H13NS. The quantitative estimate of drug-likeness (QED) is 0.638. The Morgan fingerprint density at radius 1 is 0.833 bits per heavy atom. The van der Waals surface area contributed by atoms with E-state index in [1.165, 1.54) is 21.6 Å². The average Bonchev–Trinajstić information content (AvgIpc) is 2.86. The molecular weight excluding hydrogens is 238 g/mol. The molecule has 1 nitrogen and oxygen atoms in total. The minimum absolute atomic E-state index is 1.10. The number of benzene rings is 2. The molecule has 0 aliphatic carbocycles. The van der Waals surface area contributed by atoms with Crippen molar-refractivity contribution < 1.29 is 0 Å². The number of aromatic nitrogens is 1. The van der Waals surface area contributed by atoms with Gasteiger partial charge in [-0.3, -0.25) is 0 Å². The predicted molar refractivity (Wildman–Crippen MR) is 77.7 cm³/mol. The summed E-state index contributed by atoms with van der Waals surface area (Å²) in [6.07, 6.45) is 0. The molecule has 0 saturated heterocycles. The fourth-order valence-electron chi connectivity index (χ4n) is 2.11. The molecule has 2 aromatic carbocycles. The number of nitrogens with zero attached hydrogens (tertiary/aromatic N) is 1. The third kappa shape index (κ3) is 1.95. The van der Waals surface area contributed by atoms with Crippen LogP contribution in [0.4, 0.5) is 0 Å². The minimum atomic E-state index is 1.10. The highest BCUT2D eigenvalue weighted by atomic mass is 32.1. The van der Waals surface area contributed by atoms with Crippen LogP contribution in [0.15, 0.2) is 60.1 Å². The molecule has 0 aliphatic heterocycles. The van der Waals surface area contributed by atoms with Crippen LogP contribution in [-0.2, 0) is 0 Å². The van der Waals surface area contributed by atoms with Crippen LogP contribution >= 0.6 is 11.3 Å². The maximum atomic E-state index is 4.35. The van der Waals surface area contributed by atoms with Crippen molar-refractivity contribution in [3.05, 3.63) is 65.8 Å². The van der Waals surface area contributed by atoms with Crippen molar-refractivity contribution in [3.8, 4) is 21.6 Å². The van der Waals surface area contributed by atoms with Crippen LogP contribution in [0.5, 0.6) is 0 Å². The summed E-state index contributed by atoms with van der Waals surface area (Å²) >= 11 is 1.70. The Kier molecular flexibility index (Phi) is 2.95. The zero-order valence-corrected chi connectivity index (χ0v) is 10.9. The lowest BCUT2D eigenvalue weighted by molar-refractivity contribution is 1.27. The Hall–Kier alpha value is -1.93. The summed E-state index contributed by atoms with van der Waals surface area (Å²) in [7, 11) is 0. The Bertz CT molecular complexity index is 656. The summed E-state index contributed by atoms with van der Waals surface area (Å²) in [5, 5.41) is 0. The molecule has 3 aromatic rings. The number of hydrogen-bond donors (Lipinski definition) is 0. The van der Waals surface area contributed by atoms with Gasteiger partial charge in [0.2, 0.25) is 0 Å². The van der Waals surface area contributed by atoms with Gasteiger partial charge in [0.05, 0.1) is 16.1 Å². The standard InChI is InChI=1S/C16H13NS/c1-12-16(18-11-17-12)15-10-6-5-9-14(15)13-7-3-2-4-8-13/h2-11H,1H3. The Labute approximate surface area is 111 Å². The monoisotopic (exact) mass is 251 g/mol. The molecule has 0 spiro atoms. The highest BCUT2D eigenvalue weighted by Crippen LogP contribution is 2.35. The van der Waals surface area contributed by atoms with Crippen molar-refractivity contribution in [2.45, 2.75) is 6.92 Å². The summed E-state index contributed by atoms with van der Waals surface area (Å²) in [6.45, 7) is 2.06. The molecule has 18 heavy (non-hydrogen) atoms. The van der Waals surface area contributed by atoms with Crippen molar-refractivity contribution in [1.82, 2.24) is 4.98 Å². The van der Waals surface area contributed by atoms with Crippen molar-refractivity contribution in [3.63, 3.8) is 0 Å². The van der Waals surface area contributed by atoms with E-state index >= 15 is 0 Å². The number of aryl methyl sites for hydroxylation is 1. The molecule has 88 valence electrons. The van der Waals surface area contributed by atoms with Crippen molar-refractivity contribution in [2.24, 2.45) is 0 Å². The van der Waals surface area contributed by atoms with Crippen LogP contribution in [0.1, 0.15) is 5.69 Å². The third-order valence-corrected chi connectivity index (χ3v) is 3.96. The zero-order chi connectivity index (χ0) is 12.4. The largest absolute Gasteiger partial charge is 0.249 e. The summed E-state index contributed by atoms with van der Waals surface area (Å²) in [5.74, 6) is 0. The number of thiazole rings is 1. The van der Waals surface area contributed by atoms with Gasteiger partial charge in [0.15, 0.2) is 0 Å². The van der Waals surface area contributed by atoms with Gasteiger partial charge in [0.25, 0.3) is 0 Å². The van der Waals surface area contributed by atoms with E-state index in [2.05, 4.69) is 60.4 Å². The Morgan fingerprint density at radius 2 is 1.50 bits per heavy atom. The first-order chi connectivity index (χ1) is 8.86. The van der Waals surface area contributed by atoms with E-state index in [9.17, 15) is 0 Å². The number of hydrogen-bond acceptors (Lipinski definition) is 2. The first-order valence-electron chi connectivity index (χ1n) is 5.91. The summed E-state index contributed by atoms with van der Waals surface area (Å²) < 4.78 is 0. The van der Waals surface area contributed by atoms with Gasteiger partial charge in [-0.2, -0.15) is 0 Å². The van der Waals surface area contributed by atoms with Gasteiger partial charge in [-0.15, -0.1) is 11.3 Å². The maximum Gasteiger partial charge on any atom is 0.0801 e. The predicted octanol–water partition coefficient (Wildman–Crippen LogP) is 4.79. The second kappa shape index (κ2) is 4.75. The van der Waals surface area contributed by atoms with E-state index in [4.69, 9.17) is 0 Å². The van der Waals surface area contributed by atoms with Gasteiger partial charge in [-0.25, -0.2) is 4.98 Å². The van der Waals surface area contributed by atoms with E-state index in [-0.39, 0.29) is 0 Å². The highest BCUT2D eigenvalue weighted by molar-refractivity contribution is 7.13. The highest BCUT2D eigenvalue weighted by Gasteiger charge is 2.10. The molecule has 0 atom stereocenters. The topological polar surface area (TPSA) is 12.9 Å². The van der Waals surface area contributed by atoms with Gasteiger partial charge in [-0.1, -0.05) is 54.6 Å². The SMILES string of the molecule is Cc1ncsc1-c1ccccc1-c1ccccc1. The van der Waals surface area contributed by atoms with Crippen LogP contribution in [0, 0.1) is 6.92 Å². The van der Waals surface area contributed by atoms with E-state index in [0.29, 0.717) is 0 Å². The van der Waals surface area contributed by atoms with Crippen LogP contribution < -0.4 is 0 Å². The van der Waals surface area contributed by atoms with E-state index in [0.717, 1.165) is 5.69 Å². The maximum absolute atomic E-state index is 4.35. The average molecular weight is 251 g/mol. The summed E-state index contributed by atoms with van der Waals surface area (Å²) in [5.41, 5.74) is 6.80. The molecule has 0 N–H and O–H groups in total. The molecule has 0 unspecified atom stereocenters. The summed E-state index contributed by atoms with van der Waals surface area (Å²) in [6, 6.07) is 19.0.